The quantitative estimate of drug-likeness (QED) is 0.542. The number of nitrogen functional groups attached to an aromatic ring is 1. The largest absolute Gasteiger partial charge is 0.478 e. The van der Waals surface area contributed by atoms with Crippen LogP contribution in [0.5, 0.6) is 0 Å². The van der Waals surface area contributed by atoms with Crippen molar-refractivity contribution in [2.75, 3.05) is 11.5 Å². The van der Waals surface area contributed by atoms with E-state index < -0.39 is 5.97 Å². The molecule has 0 aromatic heterocycles. The highest BCUT2D eigenvalue weighted by atomic mass is 32.1. The summed E-state index contributed by atoms with van der Waals surface area (Å²) >= 11 is 4.07. The van der Waals surface area contributed by atoms with Crippen molar-refractivity contribution in [2.24, 2.45) is 0 Å². The van der Waals surface area contributed by atoms with Crippen LogP contribution in [0.1, 0.15) is 22.3 Å². The van der Waals surface area contributed by atoms with Gasteiger partial charge < -0.3 is 10.8 Å². The third-order valence-corrected chi connectivity index (χ3v) is 2.09. The number of thiol groups is 1. The molecule has 1 rings (SSSR count). The molecule has 0 saturated heterocycles. The third kappa shape index (κ3) is 3.67. The van der Waals surface area contributed by atoms with Crippen LogP contribution in [0, 0.1) is 0 Å². The summed E-state index contributed by atoms with van der Waals surface area (Å²) in [5, 5.41) is 8.81. The summed E-state index contributed by atoms with van der Waals surface area (Å²) in [6.07, 6.45) is 4.63. The van der Waals surface area contributed by atoms with Crippen LogP contribution in [-0.4, -0.2) is 16.8 Å². The van der Waals surface area contributed by atoms with Gasteiger partial charge in [0.2, 0.25) is 0 Å². The Morgan fingerprint density at radius 3 is 2.80 bits per heavy atom. The molecule has 4 heteroatoms. The first-order chi connectivity index (χ1) is 7.13. The summed E-state index contributed by atoms with van der Waals surface area (Å²) in [6.45, 7) is 0. The summed E-state index contributed by atoms with van der Waals surface area (Å²) in [5.74, 6) is -0.198. The minimum Gasteiger partial charge on any atom is -0.478 e. The molecule has 0 saturated carbocycles. The maximum atomic E-state index is 10.7. The number of hydrogen-bond donors (Lipinski definition) is 3. The first kappa shape index (κ1) is 11.7. The molecule has 0 spiro atoms. The van der Waals surface area contributed by atoms with E-state index in [0.29, 0.717) is 5.69 Å². The van der Waals surface area contributed by atoms with E-state index in [1.165, 1.54) is 6.07 Å². The summed E-state index contributed by atoms with van der Waals surface area (Å²) in [4.78, 5) is 10.7. The lowest BCUT2D eigenvalue weighted by atomic mass is 10.1. The lowest BCUT2D eigenvalue weighted by molar-refractivity contribution is 0.0697. The second-order valence-electron chi connectivity index (χ2n) is 3.11. The van der Waals surface area contributed by atoms with Crippen LogP contribution in [0.3, 0.4) is 0 Å². The Balaban J connectivity index is 2.93. The van der Waals surface area contributed by atoms with E-state index in [9.17, 15) is 4.79 Å². The van der Waals surface area contributed by atoms with Gasteiger partial charge in [-0.05, 0) is 35.9 Å². The van der Waals surface area contributed by atoms with Crippen molar-refractivity contribution in [2.45, 2.75) is 6.42 Å². The fraction of sp³-hybridized carbons (Fsp3) is 0.182. The molecule has 1 aromatic carbocycles. The smallest absolute Gasteiger partial charge is 0.335 e. The van der Waals surface area contributed by atoms with Crippen LogP contribution >= 0.6 is 12.6 Å². The summed E-state index contributed by atoms with van der Waals surface area (Å²) in [6, 6.07) is 4.77. The van der Waals surface area contributed by atoms with Crippen LogP contribution in [0.25, 0.3) is 6.08 Å². The van der Waals surface area contributed by atoms with E-state index >= 15 is 0 Å². The maximum absolute atomic E-state index is 10.7. The normalized spacial score (nSPS) is 10.7. The van der Waals surface area contributed by atoms with Crippen LogP contribution in [0.2, 0.25) is 0 Å². The number of aromatic carboxylic acids is 1. The van der Waals surface area contributed by atoms with E-state index in [-0.39, 0.29) is 5.56 Å². The standard InChI is InChI=1S/C11H13NO2S/c12-10-6-8(3-1-2-4-15)5-9(7-10)11(13)14/h1,3,5-7,15H,2,4,12H2,(H,13,14). The van der Waals surface area contributed by atoms with Gasteiger partial charge in [0, 0.05) is 5.69 Å². The molecular weight excluding hydrogens is 210 g/mol. The Hall–Kier alpha value is -1.42. The molecule has 0 bridgehead atoms. The van der Waals surface area contributed by atoms with E-state index in [1.54, 1.807) is 12.1 Å². The van der Waals surface area contributed by atoms with Gasteiger partial charge in [0.25, 0.3) is 0 Å². The molecule has 0 heterocycles. The molecule has 0 unspecified atom stereocenters. The summed E-state index contributed by atoms with van der Waals surface area (Å²) in [7, 11) is 0. The second kappa shape index (κ2) is 5.46. The number of hydrogen-bond acceptors (Lipinski definition) is 3. The Morgan fingerprint density at radius 1 is 1.47 bits per heavy atom. The fourth-order valence-electron chi connectivity index (χ4n) is 1.19. The van der Waals surface area contributed by atoms with E-state index in [2.05, 4.69) is 12.6 Å². The second-order valence-corrected chi connectivity index (χ2v) is 3.56. The molecule has 0 amide bonds. The minimum atomic E-state index is -0.967. The van der Waals surface area contributed by atoms with E-state index in [4.69, 9.17) is 10.8 Å². The van der Waals surface area contributed by atoms with Crippen molar-refractivity contribution in [1.29, 1.82) is 0 Å². The Morgan fingerprint density at radius 2 is 2.20 bits per heavy atom. The number of allylic oxidation sites excluding steroid dienone is 1. The average Bonchev–Trinajstić information content (AvgIpc) is 2.17. The molecule has 1 aromatic rings. The molecule has 0 fully saturated rings. The van der Waals surface area contributed by atoms with Gasteiger partial charge in [-0.15, -0.1) is 0 Å². The molecule has 0 aliphatic rings. The highest BCUT2D eigenvalue weighted by Crippen LogP contribution is 2.13. The lowest BCUT2D eigenvalue weighted by Gasteiger charge is -2.00. The van der Waals surface area contributed by atoms with Gasteiger partial charge in [0.05, 0.1) is 5.56 Å². The predicted molar refractivity (Wildman–Crippen MR) is 65.3 cm³/mol. The SMILES string of the molecule is Nc1cc(C=CCCS)cc(C(=O)O)c1. The zero-order chi connectivity index (χ0) is 11.3. The zero-order valence-electron chi connectivity index (χ0n) is 8.18. The van der Waals surface area contributed by atoms with Crippen LogP contribution in [-0.2, 0) is 0 Å². The fourth-order valence-corrected chi connectivity index (χ4v) is 1.34. The van der Waals surface area contributed by atoms with Crippen LogP contribution < -0.4 is 5.73 Å². The molecular formula is C11H13NO2S. The van der Waals surface area contributed by atoms with Gasteiger partial charge in [0.1, 0.15) is 0 Å². The van der Waals surface area contributed by atoms with Crippen LogP contribution in [0.4, 0.5) is 5.69 Å². The molecule has 0 radical (unpaired) electrons. The zero-order valence-corrected chi connectivity index (χ0v) is 9.08. The number of carboxylic acids is 1. The number of benzene rings is 1. The number of rotatable bonds is 4. The van der Waals surface area contributed by atoms with Gasteiger partial charge >= 0.3 is 5.97 Å². The molecule has 0 atom stereocenters. The van der Waals surface area contributed by atoms with Gasteiger partial charge in [-0.1, -0.05) is 12.2 Å². The van der Waals surface area contributed by atoms with E-state index in [1.807, 2.05) is 12.2 Å². The van der Waals surface area contributed by atoms with Gasteiger partial charge in [-0.2, -0.15) is 12.6 Å². The lowest BCUT2D eigenvalue weighted by Crippen LogP contribution is -1.98. The Bertz CT molecular complexity index is 388. The minimum absolute atomic E-state index is 0.209. The topological polar surface area (TPSA) is 63.3 Å². The molecule has 0 aliphatic heterocycles. The third-order valence-electron chi connectivity index (χ3n) is 1.83. The monoisotopic (exact) mass is 223 g/mol. The van der Waals surface area contributed by atoms with Crippen molar-refractivity contribution in [3.05, 3.63) is 35.4 Å². The number of carbonyl (C=O) groups is 1. The highest BCUT2D eigenvalue weighted by Gasteiger charge is 2.03. The van der Waals surface area contributed by atoms with Crippen molar-refractivity contribution in [1.82, 2.24) is 0 Å². The van der Waals surface area contributed by atoms with Gasteiger partial charge in [-0.3, -0.25) is 0 Å². The first-order valence-electron chi connectivity index (χ1n) is 4.54. The van der Waals surface area contributed by atoms with Crippen molar-refractivity contribution < 1.29 is 9.90 Å². The van der Waals surface area contributed by atoms with Crippen molar-refractivity contribution in [3.8, 4) is 0 Å². The predicted octanol–water partition coefficient (Wildman–Crippen LogP) is 2.30. The molecule has 0 aliphatic carbocycles. The number of anilines is 1. The molecule has 3 N–H and O–H groups in total. The molecule has 15 heavy (non-hydrogen) atoms. The Kier molecular flexibility index (Phi) is 4.24. The number of nitrogens with two attached hydrogens (primary N) is 1. The highest BCUT2D eigenvalue weighted by molar-refractivity contribution is 7.80. The van der Waals surface area contributed by atoms with E-state index in [0.717, 1.165) is 17.7 Å². The van der Waals surface area contributed by atoms with Gasteiger partial charge in [-0.25, -0.2) is 4.79 Å². The Labute approximate surface area is 94.0 Å². The number of carboxylic acid groups (broad SMARTS) is 1. The van der Waals surface area contributed by atoms with Crippen molar-refractivity contribution in [3.63, 3.8) is 0 Å². The average molecular weight is 223 g/mol. The maximum Gasteiger partial charge on any atom is 0.335 e. The summed E-state index contributed by atoms with van der Waals surface area (Å²) < 4.78 is 0. The van der Waals surface area contributed by atoms with Crippen molar-refractivity contribution >= 4 is 30.4 Å². The van der Waals surface area contributed by atoms with Crippen LogP contribution in [0.15, 0.2) is 24.3 Å². The first-order valence-corrected chi connectivity index (χ1v) is 5.18. The molecule has 3 nitrogen and oxygen atoms in total. The molecule has 80 valence electrons. The summed E-state index contributed by atoms with van der Waals surface area (Å²) in [5.41, 5.74) is 7.06. The van der Waals surface area contributed by atoms with Gasteiger partial charge in [0.15, 0.2) is 0 Å².